The van der Waals surface area contributed by atoms with Gasteiger partial charge in [0.05, 0.1) is 6.20 Å². The average Bonchev–Trinajstić information content (AvgIpc) is 3.04. The Morgan fingerprint density at radius 1 is 1.24 bits per heavy atom. The van der Waals surface area contributed by atoms with Crippen LogP contribution in [-0.4, -0.2) is 27.5 Å². The van der Waals surface area contributed by atoms with Crippen LogP contribution in [0.15, 0.2) is 53.3 Å². The van der Waals surface area contributed by atoms with Crippen LogP contribution < -0.4 is 5.32 Å². The third kappa shape index (κ3) is 4.08. The second kappa shape index (κ2) is 7.80. The minimum absolute atomic E-state index is 0.176. The van der Waals surface area contributed by atoms with Crippen molar-refractivity contribution in [3.63, 3.8) is 0 Å². The normalized spacial score (nSPS) is 10.7. The number of amides is 1. The summed E-state index contributed by atoms with van der Waals surface area (Å²) in [6.07, 6.45) is 4.04. The molecule has 0 bridgehead atoms. The van der Waals surface area contributed by atoms with Crippen LogP contribution in [-0.2, 0) is 13.0 Å². The largest absolute Gasteiger partial charge is 0.354 e. The molecule has 0 atom stereocenters. The summed E-state index contributed by atoms with van der Waals surface area (Å²) in [7, 11) is 1.61. The highest BCUT2D eigenvalue weighted by Gasteiger charge is 2.17. The third-order valence-electron chi connectivity index (χ3n) is 3.80. The van der Waals surface area contributed by atoms with Crippen LogP contribution in [0.5, 0.6) is 0 Å². The number of imidazole rings is 1. The lowest BCUT2D eigenvalue weighted by Gasteiger charge is -2.11. The topological polar surface area (TPSA) is 59.8 Å². The summed E-state index contributed by atoms with van der Waals surface area (Å²) in [5.74, 6) is 0.485. The lowest BCUT2D eigenvalue weighted by Crippen LogP contribution is -2.22. The first-order valence-electron chi connectivity index (χ1n) is 7.72. The number of nitrogens with zero attached hydrogens (tertiary/aromatic N) is 3. The molecular weight excluding hydrogens is 404 g/mol. The number of rotatable bonds is 5. The molecule has 0 aliphatic rings. The molecule has 1 N–H and O–H groups in total. The van der Waals surface area contributed by atoms with Crippen LogP contribution in [0.4, 0.5) is 0 Å². The zero-order chi connectivity index (χ0) is 17.8. The average molecular weight is 420 g/mol. The maximum Gasteiger partial charge on any atom is 0.269 e. The first kappa shape index (κ1) is 17.6. The number of hydrogen-bond acceptors (Lipinski definition) is 3. The first-order chi connectivity index (χ1) is 12.1. The Balaban J connectivity index is 1.95. The highest BCUT2D eigenvalue weighted by Crippen LogP contribution is 2.22. The third-order valence-corrected chi connectivity index (χ3v) is 4.55. The number of aromatic nitrogens is 3. The smallest absolute Gasteiger partial charge is 0.269 e. The van der Waals surface area contributed by atoms with Gasteiger partial charge >= 0.3 is 0 Å². The van der Waals surface area contributed by atoms with Crippen molar-refractivity contribution in [3.8, 4) is 11.5 Å². The Bertz CT molecular complexity index is 892. The van der Waals surface area contributed by atoms with E-state index in [1.807, 2.05) is 41.0 Å². The second-order valence-corrected chi connectivity index (χ2v) is 6.79. The van der Waals surface area contributed by atoms with Gasteiger partial charge in [0.1, 0.15) is 11.4 Å². The minimum atomic E-state index is -0.176. The fourth-order valence-corrected chi connectivity index (χ4v) is 3.00. The van der Waals surface area contributed by atoms with Gasteiger partial charge in [-0.1, -0.05) is 39.7 Å². The fraction of sp³-hybridized carbons (Fsp3) is 0.167. The van der Waals surface area contributed by atoms with Crippen molar-refractivity contribution in [1.29, 1.82) is 0 Å². The number of carbonyl (C=O) groups excluding carboxylic acids is 1. The van der Waals surface area contributed by atoms with Gasteiger partial charge in [-0.2, -0.15) is 0 Å². The zero-order valence-electron chi connectivity index (χ0n) is 13.5. The number of benzene rings is 1. The van der Waals surface area contributed by atoms with E-state index in [2.05, 4.69) is 31.2 Å². The molecule has 2 aromatic heterocycles. The van der Waals surface area contributed by atoms with Gasteiger partial charge < -0.3 is 9.88 Å². The molecule has 2 heterocycles. The predicted octanol–water partition coefficient (Wildman–Crippen LogP) is 3.96. The van der Waals surface area contributed by atoms with Gasteiger partial charge in [0.15, 0.2) is 5.82 Å². The molecule has 128 valence electrons. The number of nitrogens with one attached hydrogen (secondary N) is 1. The molecule has 25 heavy (non-hydrogen) atoms. The van der Waals surface area contributed by atoms with E-state index in [-0.39, 0.29) is 5.91 Å². The van der Waals surface area contributed by atoms with E-state index in [1.165, 1.54) is 0 Å². The molecule has 5 nitrogen and oxygen atoms in total. The van der Waals surface area contributed by atoms with Crippen molar-refractivity contribution in [3.05, 3.63) is 69.5 Å². The van der Waals surface area contributed by atoms with Crippen LogP contribution in [0, 0.1) is 0 Å². The summed E-state index contributed by atoms with van der Waals surface area (Å²) in [5.41, 5.74) is 2.35. The van der Waals surface area contributed by atoms with E-state index in [0.717, 1.165) is 16.5 Å². The monoisotopic (exact) mass is 418 g/mol. The lowest BCUT2D eigenvalue weighted by molar-refractivity contribution is 0.0954. The number of aryl methyl sites for hydroxylation is 1. The predicted molar refractivity (Wildman–Crippen MR) is 102 cm³/mol. The molecule has 3 rings (SSSR count). The van der Waals surface area contributed by atoms with Crippen molar-refractivity contribution in [2.24, 2.45) is 0 Å². The number of halogens is 2. The van der Waals surface area contributed by atoms with E-state index >= 15 is 0 Å². The van der Waals surface area contributed by atoms with Gasteiger partial charge in [0, 0.05) is 29.3 Å². The minimum Gasteiger partial charge on any atom is -0.354 e. The van der Waals surface area contributed by atoms with E-state index < -0.39 is 0 Å². The highest BCUT2D eigenvalue weighted by atomic mass is 79.9. The molecule has 0 radical (unpaired) electrons. The van der Waals surface area contributed by atoms with Crippen molar-refractivity contribution in [1.82, 2.24) is 19.9 Å². The van der Waals surface area contributed by atoms with Gasteiger partial charge in [-0.25, -0.2) is 4.98 Å². The summed E-state index contributed by atoms with van der Waals surface area (Å²) < 4.78 is 2.80. The Labute approximate surface area is 159 Å². The Hall–Kier alpha value is -2.18. The molecule has 1 amide bonds. The SMILES string of the molecule is CNC(=O)c1cnc(-c2cc(Br)ccn2)n1CCc1ccc(Cl)cc1. The summed E-state index contributed by atoms with van der Waals surface area (Å²) in [4.78, 5) is 21.0. The van der Waals surface area contributed by atoms with Crippen LogP contribution in [0.3, 0.4) is 0 Å². The van der Waals surface area contributed by atoms with Gasteiger partial charge in [0.2, 0.25) is 0 Å². The van der Waals surface area contributed by atoms with Gasteiger partial charge in [0.25, 0.3) is 5.91 Å². The molecule has 7 heteroatoms. The van der Waals surface area contributed by atoms with Crippen molar-refractivity contribution >= 4 is 33.4 Å². The quantitative estimate of drug-likeness (QED) is 0.681. The number of hydrogen-bond donors (Lipinski definition) is 1. The highest BCUT2D eigenvalue weighted by molar-refractivity contribution is 9.10. The Morgan fingerprint density at radius 3 is 2.68 bits per heavy atom. The Kier molecular flexibility index (Phi) is 5.50. The molecule has 0 spiro atoms. The van der Waals surface area contributed by atoms with Gasteiger partial charge in [-0.15, -0.1) is 0 Å². The Morgan fingerprint density at radius 2 is 2.00 bits per heavy atom. The second-order valence-electron chi connectivity index (χ2n) is 5.43. The van der Waals surface area contributed by atoms with Crippen molar-refractivity contribution in [2.75, 3.05) is 7.05 Å². The van der Waals surface area contributed by atoms with E-state index in [9.17, 15) is 4.79 Å². The van der Waals surface area contributed by atoms with Crippen LogP contribution in [0.25, 0.3) is 11.5 Å². The molecule has 3 aromatic rings. The van der Waals surface area contributed by atoms with Crippen LogP contribution in [0.2, 0.25) is 5.02 Å². The molecular formula is C18H16BrClN4O. The van der Waals surface area contributed by atoms with Gasteiger partial charge in [-0.3, -0.25) is 9.78 Å². The summed E-state index contributed by atoms with van der Waals surface area (Å²) >= 11 is 9.38. The first-order valence-corrected chi connectivity index (χ1v) is 8.89. The number of pyridine rings is 1. The van der Waals surface area contributed by atoms with Crippen LogP contribution in [0.1, 0.15) is 16.1 Å². The molecule has 1 aromatic carbocycles. The van der Waals surface area contributed by atoms with E-state index in [4.69, 9.17) is 11.6 Å². The number of carbonyl (C=O) groups is 1. The van der Waals surface area contributed by atoms with Crippen molar-refractivity contribution in [2.45, 2.75) is 13.0 Å². The molecule has 0 saturated heterocycles. The molecule has 0 aliphatic carbocycles. The maximum atomic E-state index is 12.2. The molecule has 0 aliphatic heterocycles. The van der Waals surface area contributed by atoms with E-state index in [1.54, 1.807) is 19.4 Å². The van der Waals surface area contributed by atoms with Crippen LogP contribution >= 0.6 is 27.5 Å². The molecule has 0 fully saturated rings. The van der Waals surface area contributed by atoms with E-state index in [0.29, 0.717) is 28.8 Å². The zero-order valence-corrected chi connectivity index (χ0v) is 15.9. The molecule has 0 saturated carbocycles. The van der Waals surface area contributed by atoms with Gasteiger partial charge in [-0.05, 0) is 36.2 Å². The maximum absolute atomic E-state index is 12.2. The standard InChI is InChI=1S/C18H16BrClN4O/c1-21-18(25)16-11-23-17(15-10-13(19)6-8-22-15)24(16)9-7-12-2-4-14(20)5-3-12/h2-6,8,10-11H,7,9H2,1H3,(H,21,25). The summed E-state index contributed by atoms with van der Waals surface area (Å²) in [6, 6.07) is 11.4. The molecule has 0 unspecified atom stereocenters. The summed E-state index contributed by atoms with van der Waals surface area (Å²) in [6.45, 7) is 0.605. The summed E-state index contributed by atoms with van der Waals surface area (Å²) in [5, 5.41) is 3.36. The van der Waals surface area contributed by atoms with Crippen molar-refractivity contribution < 1.29 is 4.79 Å². The lowest BCUT2D eigenvalue weighted by atomic mass is 10.1. The fourth-order valence-electron chi connectivity index (χ4n) is 2.53.